The average Bonchev–Trinajstić information content (AvgIpc) is 2.41. The number of rotatable bonds is 5. The molecule has 0 aromatic heterocycles. The van der Waals surface area contributed by atoms with Crippen molar-refractivity contribution in [1.82, 2.24) is 0 Å². The quantitative estimate of drug-likeness (QED) is 0.663. The summed E-state index contributed by atoms with van der Waals surface area (Å²) < 4.78 is 31.7. The molecule has 0 aliphatic heterocycles. The van der Waals surface area contributed by atoms with E-state index >= 15 is 0 Å². The molecule has 0 aliphatic rings. The second-order valence-corrected chi connectivity index (χ2v) is 4.21. The molecule has 0 atom stereocenters. The standard InChI is InChI=1S/C15H15F2NO/c16-13-6-3-5-12(15(13)17)10-19-9-8-11-4-1-2-7-14(11)18/h1-7H,8-10,18H2. The van der Waals surface area contributed by atoms with Crippen LogP contribution in [0.2, 0.25) is 0 Å². The smallest absolute Gasteiger partial charge is 0.164 e. The highest BCUT2D eigenvalue weighted by Gasteiger charge is 2.07. The van der Waals surface area contributed by atoms with Gasteiger partial charge in [0.25, 0.3) is 0 Å². The first-order chi connectivity index (χ1) is 9.18. The molecular formula is C15H15F2NO. The van der Waals surface area contributed by atoms with Gasteiger partial charge in [0.15, 0.2) is 11.6 Å². The Hall–Kier alpha value is -1.94. The Bertz CT molecular complexity index is 558. The Balaban J connectivity index is 1.84. The fourth-order valence-electron chi connectivity index (χ4n) is 1.79. The lowest BCUT2D eigenvalue weighted by atomic mass is 10.1. The summed E-state index contributed by atoms with van der Waals surface area (Å²) in [5.41, 5.74) is 7.72. The molecule has 100 valence electrons. The lowest BCUT2D eigenvalue weighted by Gasteiger charge is -2.07. The number of ether oxygens (including phenoxy) is 1. The summed E-state index contributed by atoms with van der Waals surface area (Å²) in [5.74, 6) is -1.70. The molecule has 0 unspecified atom stereocenters. The molecule has 0 bridgehead atoms. The van der Waals surface area contributed by atoms with E-state index in [-0.39, 0.29) is 12.2 Å². The monoisotopic (exact) mass is 263 g/mol. The second-order valence-electron chi connectivity index (χ2n) is 4.21. The Morgan fingerprint density at radius 3 is 2.47 bits per heavy atom. The second kappa shape index (κ2) is 6.29. The van der Waals surface area contributed by atoms with E-state index in [1.54, 1.807) is 0 Å². The Morgan fingerprint density at radius 2 is 1.68 bits per heavy atom. The summed E-state index contributed by atoms with van der Waals surface area (Å²) >= 11 is 0. The Kier molecular flexibility index (Phi) is 4.47. The van der Waals surface area contributed by atoms with Gasteiger partial charge < -0.3 is 10.5 Å². The highest BCUT2D eigenvalue weighted by Crippen LogP contribution is 2.14. The molecule has 0 fully saturated rings. The summed E-state index contributed by atoms with van der Waals surface area (Å²) in [6.45, 7) is 0.459. The van der Waals surface area contributed by atoms with Crippen molar-refractivity contribution in [2.75, 3.05) is 12.3 Å². The first-order valence-electron chi connectivity index (χ1n) is 6.02. The maximum atomic E-state index is 13.3. The van der Waals surface area contributed by atoms with Crippen LogP contribution in [0.5, 0.6) is 0 Å². The maximum Gasteiger partial charge on any atom is 0.164 e. The maximum absolute atomic E-state index is 13.3. The van der Waals surface area contributed by atoms with Crippen LogP contribution in [-0.4, -0.2) is 6.61 Å². The topological polar surface area (TPSA) is 35.2 Å². The van der Waals surface area contributed by atoms with Crippen LogP contribution in [0.3, 0.4) is 0 Å². The molecule has 2 nitrogen and oxygen atoms in total. The molecule has 2 aromatic rings. The van der Waals surface area contributed by atoms with Crippen LogP contribution in [0.25, 0.3) is 0 Å². The van der Waals surface area contributed by atoms with Crippen molar-refractivity contribution in [2.45, 2.75) is 13.0 Å². The predicted octanol–water partition coefficient (Wildman–Crippen LogP) is 3.31. The van der Waals surface area contributed by atoms with Crippen molar-refractivity contribution in [3.8, 4) is 0 Å². The van der Waals surface area contributed by atoms with E-state index in [1.165, 1.54) is 12.1 Å². The lowest BCUT2D eigenvalue weighted by molar-refractivity contribution is 0.121. The van der Waals surface area contributed by atoms with E-state index in [9.17, 15) is 8.78 Å². The molecule has 2 aromatic carbocycles. The molecule has 19 heavy (non-hydrogen) atoms. The number of halogens is 2. The number of hydrogen-bond donors (Lipinski definition) is 1. The number of hydrogen-bond acceptors (Lipinski definition) is 2. The van der Waals surface area contributed by atoms with E-state index in [4.69, 9.17) is 10.5 Å². The van der Waals surface area contributed by atoms with Crippen molar-refractivity contribution in [3.05, 3.63) is 65.2 Å². The van der Waals surface area contributed by atoms with E-state index in [2.05, 4.69) is 0 Å². The highest BCUT2D eigenvalue weighted by atomic mass is 19.2. The van der Waals surface area contributed by atoms with Gasteiger partial charge in [0.1, 0.15) is 0 Å². The van der Waals surface area contributed by atoms with Crippen LogP contribution in [0, 0.1) is 11.6 Å². The van der Waals surface area contributed by atoms with Gasteiger partial charge in [-0.25, -0.2) is 8.78 Å². The molecule has 0 radical (unpaired) electrons. The Labute approximate surface area is 110 Å². The number of nitrogens with two attached hydrogens (primary N) is 1. The van der Waals surface area contributed by atoms with Crippen LogP contribution in [0.4, 0.5) is 14.5 Å². The summed E-state index contributed by atoms with van der Waals surface area (Å²) in [5, 5.41) is 0. The minimum absolute atomic E-state index is 0.0519. The first-order valence-corrected chi connectivity index (χ1v) is 6.02. The molecule has 2 rings (SSSR count). The van der Waals surface area contributed by atoms with E-state index in [0.717, 1.165) is 11.6 Å². The van der Waals surface area contributed by atoms with Gasteiger partial charge in [-0.2, -0.15) is 0 Å². The molecule has 0 spiro atoms. The van der Waals surface area contributed by atoms with Crippen LogP contribution < -0.4 is 5.73 Å². The van der Waals surface area contributed by atoms with Crippen LogP contribution in [0.1, 0.15) is 11.1 Å². The van der Waals surface area contributed by atoms with Crippen LogP contribution in [-0.2, 0) is 17.8 Å². The summed E-state index contributed by atoms with van der Waals surface area (Å²) in [4.78, 5) is 0. The number of para-hydroxylation sites is 1. The van der Waals surface area contributed by atoms with Gasteiger partial charge in [-0.3, -0.25) is 0 Å². The fourth-order valence-corrected chi connectivity index (χ4v) is 1.79. The number of anilines is 1. The van der Waals surface area contributed by atoms with Crippen molar-refractivity contribution < 1.29 is 13.5 Å². The third kappa shape index (κ3) is 3.51. The molecule has 0 aliphatic carbocycles. The SMILES string of the molecule is Nc1ccccc1CCOCc1cccc(F)c1F. The Morgan fingerprint density at radius 1 is 0.947 bits per heavy atom. The van der Waals surface area contributed by atoms with E-state index in [0.29, 0.717) is 18.7 Å². The number of nitrogen functional groups attached to an aromatic ring is 1. The molecule has 0 saturated heterocycles. The lowest BCUT2D eigenvalue weighted by Crippen LogP contribution is -2.03. The van der Waals surface area contributed by atoms with Gasteiger partial charge >= 0.3 is 0 Å². The van der Waals surface area contributed by atoms with Crippen molar-refractivity contribution in [1.29, 1.82) is 0 Å². The largest absolute Gasteiger partial charge is 0.399 e. The van der Waals surface area contributed by atoms with Gasteiger partial charge in [0, 0.05) is 11.3 Å². The van der Waals surface area contributed by atoms with E-state index in [1.807, 2.05) is 24.3 Å². The minimum Gasteiger partial charge on any atom is -0.399 e. The summed E-state index contributed by atoms with van der Waals surface area (Å²) in [6, 6.07) is 11.6. The highest BCUT2D eigenvalue weighted by molar-refractivity contribution is 5.46. The summed E-state index contributed by atoms with van der Waals surface area (Å²) in [7, 11) is 0. The van der Waals surface area contributed by atoms with Crippen molar-refractivity contribution in [3.63, 3.8) is 0 Å². The first kappa shape index (κ1) is 13.5. The molecule has 0 amide bonds. The van der Waals surface area contributed by atoms with Crippen LogP contribution >= 0.6 is 0 Å². The molecule has 4 heteroatoms. The zero-order chi connectivity index (χ0) is 13.7. The van der Waals surface area contributed by atoms with E-state index < -0.39 is 11.6 Å². The molecule has 0 heterocycles. The van der Waals surface area contributed by atoms with Gasteiger partial charge in [-0.15, -0.1) is 0 Å². The molecule has 0 saturated carbocycles. The average molecular weight is 263 g/mol. The zero-order valence-corrected chi connectivity index (χ0v) is 10.4. The predicted molar refractivity (Wildman–Crippen MR) is 70.6 cm³/mol. The number of benzene rings is 2. The van der Waals surface area contributed by atoms with Gasteiger partial charge in [-0.1, -0.05) is 30.3 Å². The van der Waals surface area contributed by atoms with Crippen molar-refractivity contribution >= 4 is 5.69 Å². The van der Waals surface area contributed by atoms with Gasteiger partial charge in [0.2, 0.25) is 0 Å². The zero-order valence-electron chi connectivity index (χ0n) is 10.4. The van der Waals surface area contributed by atoms with Gasteiger partial charge in [0.05, 0.1) is 13.2 Å². The van der Waals surface area contributed by atoms with Gasteiger partial charge in [-0.05, 0) is 24.1 Å². The normalized spacial score (nSPS) is 10.6. The summed E-state index contributed by atoms with van der Waals surface area (Å²) in [6.07, 6.45) is 0.642. The van der Waals surface area contributed by atoms with Crippen LogP contribution in [0.15, 0.2) is 42.5 Å². The molecule has 2 N–H and O–H groups in total. The minimum atomic E-state index is -0.853. The third-order valence-electron chi connectivity index (χ3n) is 2.86. The fraction of sp³-hybridized carbons (Fsp3) is 0.200. The molecular weight excluding hydrogens is 248 g/mol. The van der Waals surface area contributed by atoms with Crippen molar-refractivity contribution in [2.24, 2.45) is 0 Å². The third-order valence-corrected chi connectivity index (χ3v) is 2.86.